The first-order valence-corrected chi connectivity index (χ1v) is 9.15. The molecule has 1 saturated heterocycles. The van der Waals surface area contributed by atoms with Gasteiger partial charge in [-0.25, -0.2) is 8.42 Å². The third-order valence-electron chi connectivity index (χ3n) is 4.71. The molecule has 3 rings (SSSR count). The van der Waals surface area contributed by atoms with E-state index in [0.717, 1.165) is 12.3 Å². The highest BCUT2D eigenvalue weighted by molar-refractivity contribution is 7.89. The first-order valence-electron chi connectivity index (χ1n) is 7.33. The van der Waals surface area contributed by atoms with Crippen LogP contribution < -0.4 is 0 Å². The highest BCUT2D eigenvalue weighted by Crippen LogP contribution is 2.37. The van der Waals surface area contributed by atoms with E-state index >= 15 is 0 Å². The van der Waals surface area contributed by atoms with Gasteiger partial charge in [-0.1, -0.05) is 30.9 Å². The fraction of sp³-hybridized carbons (Fsp3) is 0.600. The summed E-state index contributed by atoms with van der Waals surface area (Å²) in [6.45, 7) is 1.35. The van der Waals surface area contributed by atoms with Gasteiger partial charge in [-0.15, -0.1) is 0 Å². The molecule has 0 bridgehead atoms. The summed E-state index contributed by atoms with van der Waals surface area (Å²) in [5.41, 5.74) is 0. The van der Waals surface area contributed by atoms with E-state index in [1.54, 1.807) is 28.6 Å². The summed E-state index contributed by atoms with van der Waals surface area (Å²) >= 11 is 5.83. The maximum atomic E-state index is 12.7. The van der Waals surface area contributed by atoms with Crippen LogP contribution in [0.1, 0.15) is 32.1 Å². The number of piperidine rings is 1. The van der Waals surface area contributed by atoms with Crippen molar-refractivity contribution in [3.05, 3.63) is 29.3 Å². The molecule has 110 valence electrons. The molecule has 0 unspecified atom stereocenters. The maximum Gasteiger partial charge on any atom is 0.243 e. The van der Waals surface area contributed by atoms with Crippen LogP contribution in [0.3, 0.4) is 0 Å². The van der Waals surface area contributed by atoms with Gasteiger partial charge < -0.3 is 0 Å². The fourth-order valence-electron chi connectivity index (χ4n) is 3.54. The minimum Gasteiger partial charge on any atom is -0.207 e. The first kappa shape index (κ1) is 14.4. The first-order chi connectivity index (χ1) is 9.57. The Bertz CT molecular complexity index is 570. The summed E-state index contributed by atoms with van der Waals surface area (Å²) in [5.74, 6) is 1.29. The number of halogens is 1. The number of benzene rings is 1. The molecular weight excluding hydrogens is 294 g/mol. The lowest BCUT2D eigenvalue weighted by atomic mass is 9.76. The van der Waals surface area contributed by atoms with Gasteiger partial charge in [-0.3, -0.25) is 0 Å². The van der Waals surface area contributed by atoms with E-state index in [2.05, 4.69) is 0 Å². The van der Waals surface area contributed by atoms with Crippen LogP contribution in [0.4, 0.5) is 0 Å². The predicted octanol–water partition coefficient (Wildman–Crippen LogP) is 3.54. The molecule has 1 saturated carbocycles. The van der Waals surface area contributed by atoms with E-state index in [1.165, 1.54) is 25.7 Å². The van der Waals surface area contributed by atoms with E-state index in [4.69, 9.17) is 11.6 Å². The van der Waals surface area contributed by atoms with Crippen molar-refractivity contribution in [2.45, 2.75) is 37.0 Å². The average Bonchev–Trinajstić information content (AvgIpc) is 2.47. The van der Waals surface area contributed by atoms with Crippen molar-refractivity contribution in [1.29, 1.82) is 0 Å². The lowest BCUT2D eigenvalue weighted by Crippen LogP contribution is -2.44. The standard InChI is InChI=1S/C15H20ClNO2S/c16-14-5-7-15(8-6-14)20(18,19)17-10-9-12-3-1-2-4-13(12)11-17/h5-8,12-13H,1-4,9-11H2/t12-,13-/m1/s1. The van der Waals surface area contributed by atoms with Gasteiger partial charge in [-0.2, -0.15) is 4.31 Å². The Labute approximate surface area is 126 Å². The second-order valence-corrected chi connectivity index (χ2v) is 8.28. The van der Waals surface area contributed by atoms with E-state index in [9.17, 15) is 8.42 Å². The van der Waals surface area contributed by atoms with Crippen molar-refractivity contribution in [3.63, 3.8) is 0 Å². The van der Waals surface area contributed by atoms with Crippen molar-refractivity contribution in [3.8, 4) is 0 Å². The maximum absolute atomic E-state index is 12.7. The van der Waals surface area contributed by atoms with E-state index in [1.807, 2.05) is 0 Å². The molecule has 0 aromatic heterocycles. The van der Waals surface area contributed by atoms with Gasteiger partial charge in [0.05, 0.1) is 4.90 Å². The molecule has 1 heterocycles. The molecule has 1 aliphatic heterocycles. The Hall–Kier alpha value is -0.580. The van der Waals surface area contributed by atoms with Crippen LogP contribution in [-0.4, -0.2) is 25.8 Å². The van der Waals surface area contributed by atoms with Crippen molar-refractivity contribution in [2.24, 2.45) is 11.8 Å². The van der Waals surface area contributed by atoms with Crippen LogP contribution >= 0.6 is 11.6 Å². The fourth-order valence-corrected chi connectivity index (χ4v) is 5.18. The molecular formula is C15H20ClNO2S. The van der Waals surface area contributed by atoms with Crippen LogP contribution in [0, 0.1) is 11.8 Å². The Morgan fingerprint density at radius 2 is 1.65 bits per heavy atom. The zero-order valence-electron chi connectivity index (χ0n) is 11.5. The van der Waals surface area contributed by atoms with Crippen LogP contribution in [0.2, 0.25) is 5.02 Å². The monoisotopic (exact) mass is 313 g/mol. The Morgan fingerprint density at radius 3 is 2.35 bits per heavy atom. The van der Waals surface area contributed by atoms with E-state index in [0.29, 0.717) is 28.9 Å². The third kappa shape index (κ3) is 2.74. The zero-order valence-corrected chi connectivity index (χ0v) is 13.0. The molecule has 1 aromatic carbocycles. The van der Waals surface area contributed by atoms with Crippen LogP contribution in [0.25, 0.3) is 0 Å². The van der Waals surface area contributed by atoms with Crippen molar-refractivity contribution in [2.75, 3.05) is 13.1 Å². The summed E-state index contributed by atoms with van der Waals surface area (Å²) in [6, 6.07) is 6.48. The topological polar surface area (TPSA) is 37.4 Å². The zero-order chi connectivity index (χ0) is 14.2. The van der Waals surface area contributed by atoms with Gasteiger partial charge >= 0.3 is 0 Å². The summed E-state index contributed by atoms with van der Waals surface area (Å²) in [7, 11) is -3.35. The number of fused-ring (bicyclic) bond motifs is 1. The summed E-state index contributed by atoms with van der Waals surface area (Å²) in [6.07, 6.45) is 6.02. The molecule has 2 atom stereocenters. The molecule has 5 heteroatoms. The molecule has 3 nitrogen and oxygen atoms in total. The molecule has 0 radical (unpaired) electrons. The summed E-state index contributed by atoms with van der Waals surface area (Å²) < 4.78 is 27.0. The lowest BCUT2D eigenvalue weighted by Gasteiger charge is -2.40. The van der Waals surface area contributed by atoms with Crippen molar-refractivity contribution < 1.29 is 8.42 Å². The molecule has 1 aromatic rings. The van der Waals surface area contributed by atoms with Crippen LogP contribution in [0.5, 0.6) is 0 Å². The molecule has 0 N–H and O–H groups in total. The Kier molecular flexibility index (Phi) is 4.07. The normalized spacial score (nSPS) is 28.1. The lowest BCUT2D eigenvalue weighted by molar-refractivity contribution is 0.136. The SMILES string of the molecule is O=S(=O)(c1ccc(Cl)cc1)N1CC[C@H]2CCCC[C@@H]2C1. The number of nitrogens with zero attached hydrogens (tertiary/aromatic N) is 1. The van der Waals surface area contributed by atoms with Crippen LogP contribution in [0.15, 0.2) is 29.2 Å². The second kappa shape index (κ2) is 5.66. The van der Waals surface area contributed by atoms with Crippen molar-refractivity contribution in [1.82, 2.24) is 4.31 Å². The van der Waals surface area contributed by atoms with Crippen molar-refractivity contribution >= 4 is 21.6 Å². The second-order valence-electron chi connectivity index (χ2n) is 5.91. The highest BCUT2D eigenvalue weighted by atomic mass is 35.5. The van der Waals surface area contributed by atoms with E-state index < -0.39 is 10.0 Å². The molecule has 2 fully saturated rings. The molecule has 0 spiro atoms. The predicted molar refractivity (Wildman–Crippen MR) is 80.3 cm³/mol. The summed E-state index contributed by atoms with van der Waals surface area (Å²) in [5, 5.41) is 0.565. The average molecular weight is 314 g/mol. The Balaban J connectivity index is 1.79. The van der Waals surface area contributed by atoms with Gasteiger partial charge in [0.15, 0.2) is 0 Å². The molecule has 2 aliphatic rings. The third-order valence-corrected chi connectivity index (χ3v) is 6.84. The number of sulfonamides is 1. The minimum atomic E-state index is -3.35. The van der Waals surface area contributed by atoms with Gasteiger partial charge in [0.1, 0.15) is 0 Å². The van der Waals surface area contributed by atoms with Crippen LogP contribution in [-0.2, 0) is 10.0 Å². The van der Waals surface area contributed by atoms with Gasteiger partial charge in [0.2, 0.25) is 10.0 Å². The van der Waals surface area contributed by atoms with Gasteiger partial charge in [0.25, 0.3) is 0 Å². The minimum absolute atomic E-state index is 0.358. The van der Waals surface area contributed by atoms with Gasteiger partial charge in [0, 0.05) is 18.1 Å². The number of hydrogen-bond donors (Lipinski definition) is 0. The quantitative estimate of drug-likeness (QED) is 0.837. The molecule has 20 heavy (non-hydrogen) atoms. The number of hydrogen-bond acceptors (Lipinski definition) is 2. The molecule has 1 aliphatic carbocycles. The number of rotatable bonds is 2. The largest absolute Gasteiger partial charge is 0.243 e. The molecule has 0 amide bonds. The Morgan fingerprint density at radius 1 is 1.00 bits per heavy atom. The van der Waals surface area contributed by atoms with E-state index in [-0.39, 0.29) is 0 Å². The highest BCUT2D eigenvalue weighted by Gasteiger charge is 2.36. The summed E-state index contributed by atoms with van der Waals surface area (Å²) in [4.78, 5) is 0.358. The van der Waals surface area contributed by atoms with Gasteiger partial charge in [-0.05, 0) is 48.9 Å². The smallest absolute Gasteiger partial charge is 0.207 e.